The van der Waals surface area contributed by atoms with E-state index in [1.165, 1.54) is 16.6 Å². The van der Waals surface area contributed by atoms with Crippen LogP contribution in [0, 0.1) is 6.92 Å². The second kappa shape index (κ2) is 6.86. The van der Waals surface area contributed by atoms with Crippen molar-refractivity contribution in [1.82, 2.24) is 10.3 Å². The molecule has 4 rings (SSSR count). The van der Waals surface area contributed by atoms with Gasteiger partial charge in [0.25, 0.3) is 0 Å². The van der Waals surface area contributed by atoms with Crippen molar-refractivity contribution in [2.75, 3.05) is 20.3 Å². The predicted molar refractivity (Wildman–Crippen MR) is 106 cm³/mol. The summed E-state index contributed by atoms with van der Waals surface area (Å²) in [4.78, 5) is 3.60. The Labute approximate surface area is 158 Å². The predicted octanol–water partition coefficient (Wildman–Crippen LogP) is 4.77. The highest BCUT2D eigenvalue weighted by molar-refractivity contribution is 6.31. The minimum atomic E-state index is 0.0229. The molecule has 2 heterocycles. The molecule has 0 spiro atoms. The van der Waals surface area contributed by atoms with Gasteiger partial charge >= 0.3 is 0 Å². The lowest BCUT2D eigenvalue weighted by atomic mass is 9.93. The first-order chi connectivity index (χ1) is 12.6. The molecule has 1 aliphatic heterocycles. The maximum atomic E-state index is 6.41. The van der Waals surface area contributed by atoms with Gasteiger partial charge in [-0.3, -0.25) is 0 Å². The van der Waals surface area contributed by atoms with Gasteiger partial charge in [0.15, 0.2) is 0 Å². The van der Waals surface area contributed by atoms with Crippen LogP contribution in [-0.2, 0) is 6.42 Å². The van der Waals surface area contributed by atoms with E-state index in [1.54, 1.807) is 7.11 Å². The van der Waals surface area contributed by atoms with E-state index >= 15 is 0 Å². The van der Waals surface area contributed by atoms with Crippen molar-refractivity contribution in [2.45, 2.75) is 26.3 Å². The smallest absolute Gasteiger partial charge is 0.124 e. The second-order valence-electron chi connectivity index (χ2n) is 6.64. The Morgan fingerprint density at radius 3 is 2.85 bits per heavy atom. The van der Waals surface area contributed by atoms with E-state index in [9.17, 15) is 0 Å². The van der Waals surface area contributed by atoms with Crippen molar-refractivity contribution in [3.8, 4) is 11.5 Å². The Morgan fingerprint density at radius 1 is 1.23 bits per heavy atom. The molecule has 0 saturated carbocycles. The van der Waals surface area contributed by atoms with Gasteiger partial charge in [0.2, 0.25) is 0 Å². The summed E-state index contributed by atoms with van der Waals surface area (Å²) >= 11 is 6.41. The summed E-state index contributed by atoms with van der Waals surface area (Å²) in [5, 5.41) is 5.60. The first-order valence-electron chi connectivity index (χ1n) is 8.97. The Kier molecular flexibility index (Phi) is 4.55. The molecule has 1 aromatic heterocycles. The lowest BCUT2D eigenvalue weighted by molar-refractivity contribution is 0.340. The number of aryl methyl sites for hydroxylation is 1. The second-order valence-corrected chi connectivity index (χ2v) is 7.05. The first-order valence-corrected chi connectivity index (χ1v) is 9.35. The molecule has 0 radical (unpaired) electrons. The number of hydrogen-bond acceptors (Lipinski definition) is 3. The number of benzene rings is 2. The van der Waals surface area contributed by atoms with E-state index in [2.05, 4.69) is 22.4 Å². The zero-order valence-corrected chi connectivity index (χ0v) is 16.0. The third-order valence-corrected chi connectivity index (χ3v) is 5.46. The molecule has 0 aliphatic carbocycles. The van der Waals surface area contributed by atoms with Gasteiger partial charge in [0, 0.05) is 33.7 Å². The summed E-state index contributed by atoms with van der Waals surface area (Å²) in [7, 11) is 1.70. The topological polar surface area (TPSA) is 46.3 Å². The fourth-order valence-corrected chi connectivity index (χ4v) is 3.97. The van der Waals surface area contributed by atoms with Crippen molar-refractivity contribution in [3.05, 3.63) is 57.7 Å². The van der Waals surface area contributed by atoms with E-state index in [0.717, 1.165) is 46.1 Å². The van der Waals surface area contributed by atoms with Crippen molar-refractivity contribution in [2.24, 2.45) is 0 Å². The highest BCUT2D eigenvalue weighted by Crippen LogP contribution is 2.39. The number of H-pyrrole nitrogens is 1. The molecule has 0 bridgehead atoms. The Hall–Kier alpha value is -2.17. The fourth-order valence-electron chi connectivity index (χ4n) is 3.80. The van der Waals surface area contributed by atoms with Crippen LogP contribution in [0.4, 0.5) is 0 Å². The van der Waals surface area contributed by atoms with Gasteiger partial charge in [-0.1, -0.05) is 11.6 Å². The number of rotatable bonds is 4. The standard InChI is InChI=1S/C21H23ClN2O2/c1-4-26-13-5-6-18-15(10-13)14-7-8-23-20(21(14)24-18)16-11-17(22)12(2)9-19(16)25-3/h5-6,9-11,20,23-24H,4,7-8H2,1-3H3. The molecule has 2 aromatic carbocycles. The normalized spacial score (nSPS) is 16.5. The van der Waals surface area contributed by atoms with Crippen LogP contribution in [0.2, 0.25) is 5.02 Å². The number of fused-ring (bicyclic) bond motifs is 3. The average Bonchev–Trinajstić information content (AvgIpc) is 3.02. The van der Waals surface area contributed by atoms with Crippen LogP contribution in [0.5, 0.6) is 11.5 Å². The van der Waals surface area contributed by atoms with Crippen molar-refractivity contribution >= 4 is 22.5 Å². The lowest BCUT2D eigenvalue weighted by Gasteiger charge is -2.26. The number of aromatic amines is 1. The molecule has 0 saturated heterocycles. The van der Waals surface area contributed by atoms with Crippen LogP contribution < -0.4 is 14.8 Å². The van der Waals surface area contributed by atoms with E-state index in [0.29, 0.717) is 6.61 Å². The Balaban J connectivity index is 1.86. The molecule has 1 aliphatic rings. The number of ether oxygens (including phenoxy) is 2. The maximum absolute atomic E-state index is 6.41. The highest BCUT2D eigenvalue weighted by atomic mass is 35.5. The number of aromatic nitrogens is 1. The number of nitrogens with one attached hydrogen (secondary N) is 2. The van der Waals surface area contributed by atoms with Crippen molar-refractivity contribution in [1.29, 1.82) is 0 Å². The van der Waals surface area contributed by atoms with Crippen molar-refractivity contribution in [3.63, 3.8) is 0 Å². The lowest BCUT2D eigenvalue weighted by Crippen LogP contribution is -2.30. The van der Waals surface area contributed by atoms with E-state index in [1.807, 2.05) is 32.0 Å². The quantitative estimate of drug-likeness (QED) is 0.695. The number of methoxy groups -OCH3 is 1. The summed E-state index contributed by atoms with van der Waals surface area (Å²) in [5.41, 5.74) is 5.72. The molecule has 0 fully saturated rings. The Bertz CT molecular complexity index is 964. The SMILES string of the molecule is CCOc1ccc2[nH]c3c(c2c1)CCNC3c1cc(Cl)c(C)cc1OC. The molecule has 26 heavy (non-hydrogen) atoms. The van der Waals surface area contributed by atoms with Gasteiger partial charge in [-0.2, -0.15) is 0 Å². The third kappa shape index (κ3) is 2.83. The van der Waals surface area contributed by atoms with Gasteiger partial charge in [-0.05, 0) is 61.7 Å². The molecule has 5 heteroatoms. The maximum Gasteiger partial charge on any atom is 0.124 e. The monoisotopic (exact) mass is 370 g/mol. The molecular weight excluding hydrogens is 348 g/mol. The van der Waals surface area contributed by atoms with Gasteiger partial charge in [-0.25, -0.2) is 0 Å². The molecule has 1 unspecified atom stereocenters. The van der Waals surface area contributed by atoms with Gasteiger partial charge in [0.1, 0.15) is 11.5 Å². The largest absolute Gasteiger partial charge is 0.496 e. The third-order valence-electron chi connectivity index (χ3n) is 5.06. The Morgan fingerprint density at radius 2 is 2.08 bits per heavy atom. The minimum absolute atomic E-state index is 0.0229. The van der Waals surface area contributed by atoms with Crippen molar-refractivity contribution < 1.29 is 9.47 Å². The minimum Gasteiger partial charge on any atom is -0.496 e. The first kappa shape index (κ1) is 17.3. The highest BCUT2D eigenvalue weighted by Gasteiger charge is 2.28. The van der Waals surface area contributed by atoms with E-state index < -0.39 is 0 Å². The zero-order valence-electron chi connectivity index (χ0n) is 15.3. The molecule has 1 atom stereocenters. The van der Waals surface area contributed by atoms with Gasteiger partial charge < -0.3 is 19.8 Å². The van der Waals surface area contributed by atoms with Crippen LogP contribution in [0.1, 0.15) is 35.3 Å². The molecule has 2 N–H and O–H groups in total. The fraction of sp³-hybridized carbons (Fsp3) is 0.333. The summed E-state index contributed by atoms with van der Waals surface area (Å²) in [6.07, 6.45) is 0.976. The molecular formula is C21H23ClN2O2. The van der Waals surface area contributed by atoms with Crippen LogP contribution in [-0.4, -0.2) is 25.2 Å². The number of halogens is 1. The summed E-state index contributed by atoms with van der Waals surface area (Å²) in [5.74, 6) is 1.76. The summed E-state index contributed by atoms with van der Waals surface area (Å²) in [6, 6.07) is 10.3. The van der Waals surface area contributed by atoms with Crippen LogP contribution in [0.25, 0.3) is 10.9 Å². The summed E-state index contributed by atoms with van der Waals surface area (Å²) < 4.78 is 11.3. The molecule has 3 aromatic rings. The molecule has 4 nitrogen and oxygen atoms in total. The van der Waals surface area contributed by atoms with Crippen LogP contribution in [0.15, 0.2) is 30.3 Å². The van der Waals surface area contributed by atoms with E-state index in [4.69, 9.17) is 21.1 Å². The van der Waals surface area contributed by atoms with Gasteiger partial charge in [-0.15, -0.1) is 0 Å². The number of hydrogen-bond donors (Lipinski definition) is 2. The van der Waals surface area contributed by atoms with Gasteiger partial charge in [0.05, 0.1) is 19.8 Å². The van der Waals surface area contributed by atoms with Crippen LogP contribution in [0.3, 0.4) is 0 Å². The molecule has 136 valence electrons. The van der Waals surface area contributed by atoms with Crippen LogP contribution >= 0.6 is 11.6 Å². The average molecular weight is 371 g/mol. The zero-order chi connectivity index (χ0) is 18.3. The molecule has 0 amide bonds. The van der Waals surface area contributed by atoms with E-state index in [-0.39, 0.29) is 6.04 Å². The summed E-state index contributed by atoms with van der Waals surface area (Å²) in [6.45, 7) is 5.57.